The van der Waals surface area contributed by atoms with Crippen LogP contribution < -0.4 is 0 Å². The van der Waals surface area contributed by atoms with Crippen LogP contribution in [0.15, 0.2) is 52.0 Å². The third-order valence-corrected chi connectivity index (χ3v) is 4.03. The fourth-order valence-electron chi connectivity index (χ4n) is 1.96. The smallest absolute Gasteiger partial charge is 0.216 e. The van der Waals surface area contributed by atoms with Gasteiger partial charge >= 0.3 is 0 Å². The molecule has 0 unspecified atom stereocenters. The first-order valence-electron chi connectivity index (χ1n) is 6.51. The van der Waals surface area contributed by atoms with Crippen LogP contribution in [0.25, 0.3) is 11.4 Å². The van der Waals surface area contributed by atoms with Crippen LogP contribution in [0.5, 0.6) is 5.75 Å². The van der Waals surface area contributed by atoms with Gasteiger partial charge in [-0.2, -0.15) is 14.9 Å². The lowest BCUT2D eigenvalue weighted by atomic mass is 10.2. The van der Waals surface area contributed by atoms with Crippen molar-refractivity contribution >= 4 is 46.0 Å². The fraction of sp³-hybridized carbons (Fsp3) is 0. The quantitative estimate of drug-likeness (QED) is 0.490. The number of aromatic amines is 1. The van der Waals surface area contributed by atoms with Gasteiger partial charge in [-0.1, -0.05) is 39.7 Å². The molecule has 2 N–H and O–H groups in total. The molecule has 0 aliphatic heterocycles. The average Bonchev–Trinajstić information content (AvgIpc) is 2.89. The van der Waals surface area contributed by atoms with Crippen LogP contribution in [0.3, 0.4) is 0 Å². The summed E-state index contributed by atoms with van der Waals surface area (Å²) in [6, 6.07) is 12.3. The highest BCUT2D eigenvalue weighted by molar-refractivity contribution is 9.10. The zero-order chi connectivity index (χ0) is 16.4. The van der Waals surface area contributed by atoms with E-state index in [1.165, 1.54) is 10.9 Å². The third kappa shape index (κ3) is 3.52. The number of phenols is 1. The summed E-state index contributed by atoms with van der Waals surface area (Å²) in [5, 5.41) is 21.7. The molecule has 23 heavy (non-hydrogen) atoms. The SMILES string of the molecule is Oc1ccc(Br)cc1C=Nn1c(-c2cccc(Cl)c2)n[nH]c1=S. The second-order valence-corrected chi connectivity index (χ2v) is 6.36. The molecule has 0 amide bonds. The Morgan fingerprint density at radius 2 is 2.13 bits per heavy atom. The Hall–Kier alpha value is -1.96. The normalized spacial score (nSPS) is 11.2. The van der Waals surface area contributed by atoms with E-state index in [2.05, 4.69) is 31.2 Å². The Kier molecular flexibility index (Phi) is 4.61. The highest BCUT2D eigenvalue weighted by atomic mass is 79.9. The first-order valence-corrected chi connectivity index (χ1v) is 8.09. The van der Waals surface area contributed by atoms with E-state index in [9.17, 15) is 5.11 Å². The van der Waals surface area contributed by atoms with Gasteiger partial charge in [0, 0.05) is 20.6 Å². The van der Waals surface area contributed by atoms with E-state index in [0.717, 1.165) is 10.0 Å². The standard InChI is InChI=1S/C15H10BrClN4OS/c16-11-4-5-13(22)10(6-11)8-18-21-14(19-20-15(21)23)9-2-1-3-12(17)7-9/h1-8,22H,(H,20,23). The van der Waals surface area contributed by atoms with E-state index in [1.54, 1.807) is 30.3 Å². The molecule has 1 heterocycles. The average molecular weight is 410 g/mol. The van der Waals surface area contributed by atoms with Crippen molar-refractivity contribution in [2.45, 2.75) is 0 Å². The summed E-state index contributed by atoms with van der Waals surface area (Å²) in [5.74, 6) is 0.652. The van der Waals surface area contributed by atoms with Crippen LogP contribution in [0, 0.1) is 4.77 Å². The lowest BCUT2D eigenvalue weighted by molar-refractivity contribution is 0.474. The Balaban J connectivity index is 2.04. The van der Waals surface area contributed by atoms with Crippen LogP contribution in [-0.2, 0) is 0 Å². The van der Waals surface area contributed by atoms with Gasteiger partial charge in [0.25, 0.3) is 0 Å². The van der Waals surface area contributed by atoms with Crippen molar-refractivity contribution < 1.29 is 5.11 Å². The molecule has 3 aromatic rings. The lowest BCUT2D eigenvalue weighted by Crippen LogP contribution is -1.95. The Morgan fingerprint density at radius 3 is 2.91 bits per heavy atom. The maximum absolute atomic E-state index is 9.87. The Morgan fingerprint density at radius 1 is 1.30 bits per heavy atom. The summed E-state index contributed by atoms with van der Waals surface area (Å²) in [5.41, 5.74) is 1.33. The molecule has 0 bridgehead atoms. The van der Waals surface area contributed by atoms with E-state index in [1.807, 2.05) is 12.1 Å². The zero-order valence-electron chi connectivity index (χ0n) is 11.6. The summed E-state index contributed by atoms with van der Waals surface area (Å²) < 4.78 is 2.65. The number of aromatic nitrogens is 3. The highest BCUT2D eigenvalue weighted by Gasteiger charge is 2.08. The number of rotatable bonds is 3. The number of benzene rings is 2. The van der Waals surface area contributed by atoms with Gasteiger partial charge in [-0.05, 0) is 42.5 Å². The summed E-state index contributed by atoms with van der Waals surface area (Å²) in [6.07, 6.45) is 1.51. The molecule has 0 atom stereocenters. The number of phenolic OH excluding ortho intramolecular Hbond substituents is 1. The number of nitrogens with zero attached hydrogens (tertiary/aromatic N) is 3. The van der Waals surface area contributed by atoms with E-state index in [-0.39, 0.29) is 5.75 Å². The first-order chi connectivity index (χ1) is 11.0. The second-order valence-electron chi connectivity index (χ2n) is 4.62. The number of nitrogens with one attached hydrogen (secondary N) is 1. The predicted octanol–water partition coefficient (Wildman–Crippen LogP) is 4.61. The minimum Gasteiger partial charge on any atom is -0.507 e. The fourth-order valence-corrected chi connectivity index (χ4v) is 2.71. The van der Waals surface area contributed by atoms with Gasteiger partial charge in [0.2, 0.25) is 4.77 Å². The van der Waals surface area contributed by atoms with Crippen molar-refractivity contribution in [2.24, 2.45) is 5.10 Å². The van der Waals surface area contributed by atoms with Gasteiger partial charge < -0.3 is 5.11 Å². The molecule has 0 fully saturated rings. The number of H-pyrrole nitrogens is 1. The molecule has 5 nitrogen and oxygen atoms in total. The van der Waals surface area contributed by atoms with Crippen LogP contribution in [0.1, 0.15) is 5.56 Å². The summed E-state index contributed by atoms with van der Waals surface area (Å²) >= 11 is 14.6. The monoisotopic (exact) mass is 408 g/mol. The number of hydrogen-bond acceptors (Lipinski definition) is 4. The van der Waals surface area contributed by atoms with Crippen LogP contribution >= 0.6 is 39.7 Å². The van der Waals surface area contributed by atoms with Crippen molar-refractivity contribution in [3.8, 4) is 17.1 Å². The van der Waals surface area contributed by atoms with Gasteiger partial charge in [-0.25, -0.2) is 5.10 Å². The topological polar surface area (TPSA) is 66.2 Å². The molecule has 2 aromatic carbocycles. The molecule has 8 heteroatoms. The molecule has 0 aliphatic rings. The molecule has 0 aliphatic carbocycles. The van der Waals surface area contributed by atoms with Gasteiger partial charge in [0.1, 0.15) is 5.75 Å². The number of halogens is 2. The third-order valence-electron chi connectivity index (χ3n) is 3.04. The molecular formula is C15H10BrClN4OS. The van der Waals surface area contributed by atoms with Gasteiger partial charge in [0.05, 0.1) is 6.21 Å². The van der Waals surface area contributed by atoms with Gasteiger partial charge in [0.15, 0.2) is 5.82 Å². The highest BCUT2D eigenvalue weighted by Crippen LogP contribution is 2.22. The zero-order valence-corrected chi connectivity index (χ0v) is 14.7. The van der Waals surface area contributed by atoms with Crippen molar-refractivity contribution in [3.05, 3.63) is 62.3 Å². The Bertz CT molecular complexity index is 951. The van der Waals surface area contributed by atoms with Gasteiger partial charge in [-0.15, -0.1) is 0 Å². The van der Waals surface area contributed by atoms with E-state index in [0.29, 0.717) is 21.2 Å². The van der Waals surface area contributed by atoms with E-state index < -0.39 is 0 Å². The summed E-state index contributed by atoms with van der Waals surface area (Å²) in [7, 11) is 0. The molecule has 0 radical (unpaired) electrons. The van der Waals surface area contributed by atoms with Crippen molar-refractivity contribution in [1.82, 2.24) is 14.9 Å². The van der Waals surface area contributed by atoms with E-state index >= 15 is 0 Å². The molecule has 0 saturated carbocycles. The van der Waals surface area contributed by atoms with Crippen LogP contribution in [-0.4, -0.2) is 26.2 Å². The second kappa shape index (κ2) is 6.66. The molecule has 3 rings (SSSR count). The molecule has 0 spiro atoms. The predicted molar refractivity (Wildman–Crippen MR) is 96.7 cm³/mol. The van der Waals surface area contributed by atoms with Crippen LogP contribution in [0.4, 0.5) is 0 Å². The number of aromatic hydroxyl groups is 1. The lowest BCUT2D eigenvalue weighted by Gasteiger charge is -2.02. The molecule has 1 aromatic heterocycles. The van der Waals surface area contributed by atoms with Crippen molar-refractivity contribution in [1.29, 1.82) is 0 Å². The van der Waals surface area contributed by atoms with Crippen molar-refractivity contribution in [2.75, 3.05) is 0 Å². The largest absolute Gasteiger partial charge is 0.507 e. The molecule has 116 valence electrons. The van der Waals surface area contributed by atoms with Crippen LogP contribution in [0.2, 0.25) is 5.02 Å². The summed E-state index contributed by atoms with van der Waals surface area (Å²) in [4.78, 5) is 0. The molecule has 0 saturated heterocycles. The Labute approximate surface area is 150 Å². The number of hydrogen-bond donors (Lipinski definition) is 2. The summed E-state index contributed by atoms with van der Waals surface area (Å²) in [6.45, 7) is 0. The maximum atomic E-state index is 9.87. The minimum absolute atomic E-state index is 0.122. The molecular weight excluding hydrogens is 400 g/mol. The van der Waals surface area contributed by atoms with E-state index in [4.69, 9.17) is 23.8 Å². The first kappa shape index (κ1) is 15.9. The van der Waals surface area contributed by atoms with Gasteiger partial charge in [-0.3, -0.25) is 0 Å². The maximum Gasteiger partial charge on any atom is 0.216 e. The minimum atomic E-state index is 0.122. The van der Waals surface area contributed by atoms with Crippen molar-refractivity contribution in [3.63, 3.8) is 0 Å².